The second kappa shape index (κ2) is 8.49. The van der Waals surface area contributed by atoms with Crippen molar-refractivity contribution in [2.75, 3.05) is 5.32 Å². The van der Waals surface area contributed by atoms with E-state index in [9.17, 15) is 9.59 Å². The van der Waals surface area contributed by atoms with Gasteiger partial charge in [0.05, 0.1) is 10.8 Å². The Bertz CT molecular complexity index is 972. The topological polar surface area (TPSA) is 85.1 Å². The number of benzene rings is 2. The van der Waals surface area contributed by atoms with Gasteiger partial charge in [-0.2, -0.15) is 0 Å². The Hall–Kier alpha value is -2.45. The second-order valence-electron chi connectivity index (χ2n) is 5.74. The highest BCUT2D eigenvalue weighted by Gasteiger charge is 2.19. The van der Waals surface area contributed by atoms with Crippen LogP contribution in [0.15, 0.2) is 62.6 Å². The van der Waals surface area contributed by atoms with Crippen molar-refractivity contribution in [3.05, 3.63) is 58.6 Å². The van der Waals surface area contributed by atoms with Gasteiger partial charge in [-0.15, -0.1) is 10.2 Å². The first-order valence-electron chi connectivity index (χ1n) is 8.11. The summed E-state index contributed by atoms with van der Waals surface area (Å²) >= 11 is 4.63. The molecule has 0 spiro atoms. The van der Waals surface area contributed by atoms with E-state index >= 15 is 0 Å². The van der Waals surface area contributed by atoms with E-state index in [2.05, 4.69) is 31.4 Å². The summed E-state index contributed by atoms with van der Waals surface area (Å²) in [6, 6.07) is 14.3. The number of amides is 1. The molecule has 0 radical (unpaired) electrons. The van der Waals surface area contributed by atoms with E-state index in [0.29, 0.717) is 22.4 Å². The highest BCUT2D eigenvalue weighted by molar-refractivity contribution is 9.10. The predicted octanol–water partition coefficient (Wildman–Crippen LogP) is 4.82. The quantitative estimate of drug-likeness (QED) is 0.432. The Balaban J connectivity index is 1.63. The Morgan fingerprint density at radius 1 is 1.11 bits per heavy atom. The molecule has 8 heteroatoms. The third-order valence-corrected chi connectivity index (χ3v) is 5.34. The summed E-state index contributed by atoms with van der Waals surface area (Å²) in [4.78, 5) is 23.7. The molecule has 0 saturated heterocycles. The Morgan fingerprint density at radius 2 is 1.81 bits per heavy atom. The molecule has 1 heterocycles. The number of nitrogens with zero attached hydrogens (tertiary/aromatic N) is 2. The maximum absolute atomic E-state index is 12.4. The standard InChI is InChI=1S/C19H16BrN3O3S/c1-11(24)13-7-9-14(10-8-13)21-17(25)12(2)27-19-23-22-18(26-19)15-5-3-4-6-16(15)20/h3-10,12H,1-2H3,(H,21,25)/t12-/m1/s1. The summed E-state index contributed by atoms with van der Waals surface area (Å²) in [6.45, 7) is 3.26. The molecule has 0 aliphatic rings. The van der Waals surface area contributed by atoms with E-state index in [-0.39, 0.29) is 11.7 Å². The molecule has 138 valence electrons. The van der Waals surface area contributed by atoms with Crippen molar-refractivity contribution in [1.29, 1.82) is 0 Å². The summed E-state index contributed by atoms with van der Waals surface area (Å²) in [7, 11) is 0. The number of carbonyl (C=O) groups is 2. The first-order chi connectivity index (χ1) is 12.9. The van der Waals surface area contributed by atoms with Crippen molar-refractivity contribution in [2.24, 2.45) is 0 Å². The van der Waals surface area contributed by atoms with Crippen LogP contribution < -0.4 is 5.32 Å². The van der Waals surface area contributed by atoms with E-state index in [1.165, 1.54) is 18.7 Å². The van der Waals surface area contributed by atoms with Crippen LogP contribution >= 0.6 is 27.7 Å². The molecule has 0 fully saturated rings. The van der Waals surface area contributed by atoms with Crippen molar-refractivity contribution in [3.8, 4) is 11.5 Å². The summed E-state index contributed by atoms with van der Waals surface area (Å²) < 4.78 is 6.51. The number of hydrogen-bond donors (Lipinski definition) is 1. The molecule has 0 aliphatic carbocycles. The molecular formula is C19H16BrN3O3S. The average Bonchev–Trinajstić information content (AvgIpc) is 3.10. The molecule has 6 nitrogen and oxygen atoms in total. The van der Waals surface area contributed by atoms with Crippen LogP contribution in [-0.2, 0) is 4.79 Å². The summed E-state index contributed by atoms with van der Waals surface area (Å²) in [5.74, 6) is 0.169. The van der Waals surface area contributed by atoms with Gasteiger partial charge in [-0.1, -0.05) is 23.9 Å². The fourth-order valence-electron chi connectivity index (χ4n) is 2.24. The fourth-order valence-corrected chi connectivity index (χ4v) is 3.38. The van der Waals surface area contributed by atoms with Crippen molar-refractivity contribution >= 4 is 45.1 Å². The van der Waals surface area contributed by atoms with E-state index in [1.54, 1.807) is 31.2 Å². The SMILES string of the molecule is CC(=O)c1ccc(NC(=O)[C@@H](C)Sc2nnc(-c3ccccc3Br)o2)cc1. The first-order valence-corrected chi connectivity index (χ1v) is 9.78. The molecule has 1 atom stereocenters. The molecule has 0 bridgehead atoms. The summed E-state index contributed by atoms with van der Waals surface area (Å²) in [5.41, 5.74) is 2.01. The van der Waals surface area contributed by atoms with Gasteiger partial charge in [0.2, 0.25) is 11.8 Å². The van der Waals surface area contributed by atoms with E-state index in [4.69, 9.17) is 4.42 Å². The number of Topliss-reactive ketones (excluding diaryl/α,β-unsaturated/α-hetero) is 1. The number of aromatic nitrogens is 2. The molecular weight excluding hydrogens is 430 g/mol. The highest BCUT2D eigenvalue weighted by Crippen LogP contribution is 2.30. The van der Waals surface area contributed by atoms with Gasteiger partial charge in [-0.05, 0) is 66.2 Å². The molecule has 1 aromatic heterocycles. The Morgan fingerprint density at radius 3 is 2.48 bits per heavy atom. The lowest BCUT2D eigenvalue weighted by Gasteiger charge is -2.10. The largest absolute Gasteiger partial charge is 0.411 e. The lowest BCUT2D eigenvalue weighted by atomic mass is 10.1. The maximum Gasteiger partial charge on any atom is 0.277 e. The minimum atomic E-state index is -0.440. The number of hydrogen-bond acceptors (Lipinski definition) is 6. The van der Waals surface area contributed by atoms with E-state index in [1.807, 2.05) is 24.3 Å². The number of nitrogens with one attached hydrogen (secondary N) is 1. The molecule has 2 aromatic carbocycles. The molecule has 1 N–H and O–H groups in total. The molecule has 0 saturated carbocycles. The maximum atomic E-state index is 12.4. The Labute approximate surface area is 168 Å². The predicted molar refractivity (Wildman–Crippen MR) is 108 cm³/mol. The van der Waals surface area contributed by atoms with Gasteiger partial charge in [-0.25, -0.2) is 0 Å². The van der Waals surface area contributed by atoms with Gasteiger partial charge in [0.25, 0.3) is 5.22 Å². The molecule has 0 unspecified atom stereocenters. The second-order valence-corrected chi connectivity index (χ2v) is 7.88. The zero-order valence-electron chi connectivity index (χ0n) is 14.6. The van der Waals surface area contributed by atoms with Crippen molar-refractivity contribution in [2.45, 2.75) is 24.3 Å². The summed E-state index contributed by atoms with van der Waals surface area (Å²) in [6.07, 6.45) is 0. The summed E-state index contributed by atoms with van der Waals surface area (Å²) in [5, 5.41) is 10.7. The lowest BCUT2D eigenvalue weighted by molar-refractivity contribution is -0.115. The Kier molecular flexibility index (Phi) is 6.08. The lowest BCUT2D eigenvalue weighted by Crippen LogP contribution is -2.22. The molecule has 3 aromatic rings. The van der Waals surface area contributed by atoms with Crippen molar-refractivity contribution in [1.82, 2.24) is 10.2 Å². The number of ketones is 1. The van der Waals surface area contributed by atoms with Crippen LogP contribution in [0.3, 0.4) is 0 Å². The number of rotatable bonds is 6. The minimum absolute atomic E-state index is 0.0194. The monoisotopic (exact) mass is 445 g/mol. The van der Waals surface area contributed by atoms with Crippen LogP contribution in [0, 0.1) is 0 Å². The molecule has 27 heavy (non-hydrogen) atoms. The van der Waals surface area contributed by atoms with Gasteiger partial charge in [0.1, 0.15) is 0 Å². The van der Waals surface area contributed by atoms with Gasteiger partial charge >= 0.3 is 0 Å². The van der Waals surface area contributed by atoms with Crippen molar-refractivity contribution in [3.63, 3.8) is 0 Å². The van der Waals surface area contributed by atoms with E-state index in [0.717, 1.165) is 10.0 Å². The molecule has 3 rings (SSSR count). The van der Waals surface area contributed by atoms with Crippen LogP contribution in [0.2, 0.25) is 0 Å². The number of thioether (sulfide) groups is 1. The molecule has 1 amide bonds. The fraction of sp³-hybridized carbons (Fsp3) is 0.158. The van der Waals surface area contributed by atoms with Crippen LogP contribution in [0.4, 0.5) is 5.69 Å². The van der Waals surface area contributed by atoms with Crippen molar-refractivity contribution < 1.29 is 14.0 Å². The van der Waals surface area contributed by atoms with Gasteiger partial charge in [0, 0.05) is 15.7 Å². The zero-order valence-corrected chi connectivity index (χ0v) is 17.0. The normalized spacial score (nSPS) is 11.8. The number of halogens is 1. The zero-order chi connectivity index (χ0) is 19.4. The number of carbonyl (C=O) groups excluding carboxylic acids is 2. The van der Waals surface area contributed by atoms with E-state index < -0.39 is 5.25 Å². The highest BCUT2D eigenvalue weighted by atomic mass is 79.9. The van der Waals surface area contributed by atoms with Crippen LogP contribution in [-0.4, -0.2) is 27.1 Å². The van der Waals surface area contributed by atoms with Gasteiger partial charge < -0.3 is 9.73 Å². The third kappa shape index (κ3) is 4.84. The average molecular weight is 446 g/mol. The minimum Gasteiger partial charge on any atom is -0.411 e. The van der Waals surface area contributed by atoms with Gasteiger partial charge in [-0.3, -0.25) is 9.59 Å². The van der Waals surface area contributed by atoms with Crippen LogP contribution in [0.25, 0.3) is 11.5 Å². The van der Waals surface area contributed by atoms with Crippen LogP contribution in [0.5, 0.6) is 0 Å². The first kappa shape index (κ1) is 19.3. The number of anilines is 1. The van der Waals surface area contributed by atoms with Gasteiger partial charge in [0.15, 0.2) is 5.78 Å². The third-order valence-electron chi connectivity index (χ3n) is 3.72. The molecule has 0 aliphatic heterocycles. The smallest absolute Gasteiger partial charge is 0.277 e. The van der Waals surface area contributed by atoms with Crippen LogP contribution in [0.1, 0.15) is 24.2 Å².